The van der Waals surface area contributed by atoms with Crippen molar-refractivity contribution < 1.29 is 0 Å². The molecule has 0 aliphatic heterocycles. The third-order valence-corrected chi connectivity index (χ3v) is 10.3. The summed E-state index contributed by atoms with van der Waals surface area (Å²) >= 11 is 0. The summed E-state index contributed by atoms with van der Waals surface area (Å²) in [4.78, 5) is 0. The first-order valence-corrected chi connectivity index (χ1v) is 14.6. The number of nitrogens with zero attached hydrogens (tertiary/aromatic N) is 2. The maximum Gasteiger partial charge on any atom is 0.101 e. The van der Waals surface area contributed by atoms with Crippen molar-refractivity contribution in [2.45, 2.75) is 135 Å². The van der Waals surface area contributed by atoms with Crippen LogP contribution in [-0.2, 0) is 11.8 Å². The number of hydrogen-bond acceptors (Lipinski definition) is 2. The lowest BCUT2D eigenvalue weighted by atomic mass is 9.50. The Kier molecular flexibility index (Phi) is 8.40. The van der Waals surface area contributed by atoms with Crippen LogP contribution >= 0.6 is 0 Å². The number of fused-ring (bicyclic) bond motifs is 3. The van der Waals surface area contributed by atoms with Gasteiger partial charge in [-0.05, 0) is 91.6 Å². The zero-order valence-corrected chi connectivity index (χ0v) is 21.9. The minimum atomic E-state index is 0.140. The SMILES string of the molecule is CCCCC[C@H]1CC[C@H](CCc2ccc(C34CCC(CCC)(CC3)CC4)c(C#N)c2C#N)CC1. The Hall–Kier alpha value is -1.80. The van der Waals surface area contributed by atoms with E-state index in [1.165, 1.54) is 115 Å². The van der Waals surface area contributed by atoms with E-state index in [1.54, 1.807) is 0 Å². The van der Waals surface area contributed by atoms with Crippen LogP contribution in [0.4, 0.5) is 0 Å². The zero-order valence-electron chi connectivity index (χ0n) is 21.9. The van der Waals surface area contributed by atoms with Gasteiger partial charge in [0.15, 0.2) is 0 Å². The molecule has 0 amide bonds. The van der Waals surface area contributed by atoms with Gasteiger partial charge in [-0.3, -0.25) is 0 Å². The fraction of sp³-hybridized carbons (Fsp3) is 0.750. The second-order valence-corrected chi connectivity index (χ2v) is 12.2. The topological polar surface area (TPSA) is 47.6 Å². The molecule has 4 aliphatic carbocycles. The number of nitriles is 2. The second kappa shape index (κ2) is 11.3. The number of aryl methyl sites for hydroxylation is 1. The van der Waals surface area contributed by atoms with Gasteiger partial charge in [0.1, 0.15) is 12.1 Å². The van der Waals surface area contributed by atoms with Gasteiger partial charge in [-0.2, -0.15) is 10.5 Å². The van der Waals surface area contributed by atoms with Crippen LogP contribution in [0.5, 0.6) is 0 Å². The molecule has 4 saturated carbocycles. The Morgan fingerprint density at radius 1 is 0.765 bits per heavy atom. The first-order valence-electron chi connectivity index (χ1n) is 14.6. The van der Waals surface area contributed by atoms with Crippen LogP contribution in [0.3, 0.4) is 0 Å². The first kappa shape index (κ1) is 25.3. The summed E-state index contributed by atoms with van der Waals surface area (Å²) in [5, 5.41) is 20.3. The molecule has 1 aromatic rings. The highest BCUT2D eigenvalue weighted by atomic mass is 14.5. The van der Waals surface area contributed by atoms with E-state index in [2.05, 4.69) is 38.1 Å². The van der Waals surface area contributed by atoms with E-state index < -0.39 is 0 Å². The molecule has 5 rings (SSSR count). The minimum absolute atomic E-state index is 0.140. The van der Waals surface area contributed by atoms with E-state index in [-0.39, 0.29) is 5.41 Å². The quantitative estimate of drug-likeness (QED) is 0.328. The molecule has 0 atom stereocenters. The molecule has 2 bridgehead atoms. The van der Waals surface area contributed by atoms with Crippen molar-refractivity contribution in [3.63, 3.8) is 0 Å². The third kappa shape index (κ3) is 5.23. The van der Waals surface area contributed by atoms with E-state index in [9.17, 15) is 10.5 Å². The standard InChI is InChI=1S/C32H46N2/c1-3-5-6-7-25-8-10-26(11-9-25)12-13-27-14-15-30(29(24-34)28(27)23-33)32-20-17-31(16-4-2,18-21-32)19-22-32/h14-15,25-26H,3-13,16-22H2,1-2H3/t25-,26-,31?,32?. The van der Waals surface area contributed by atoms with Gasteiger partial charge in [-0.25, -0.2) is 0 Å². The molecule has 2 heteroatoms. The second-order valence-electron chi connectivity index (χ2n) is 12.2. The van der Waals surface area contributed by atoms with Gasteiger partial charge in [0.2, 0.25) is 0 Å². The van der Waals surface area contributed by atoms with E-state index >= 15 is 0 Å². The fourth-order valence-corrected chi connectivity index (χ4v) is 7.96. The molecule has 0 aromatic heterocycles. The van der Waals surface area contributed by atoms with Crippen LogP contribution in [0.25, 0.3) is 0 Å². The van der Waals surface area contributed by atoms with Crippen molar-refractivity contribution in [2.24, 2.45) is 17.3 Å². The zero-order chi connectivity index (χ0) is 24.0. The Morgan fingerprint density at radius 3 is 1.94 bits per heavy atom. The first-order chi connectivity index (χ1) is 16.6. The van der Waals surface area contributed by atoms with Gasteiger partial charge in [0.05, 0.1) is 11.1 Å². The summed E-state index contributed by atoms with van der Waals surface area (Å²) < 4.78 is 0. The summed E-state index contributed by atoms with van der Waals surface area (Å²) in [7, 11) is 0. The van der Waals surface area contributed by atoms with Gasteiger partial charge >= 0.3 is 0 Å². The third-order valence-electron chi connectivity index (χ3n) is 10.3. The predicted octanol–water partition coefficient (Wildman–Crippen LogP) is 9.14. The molecule has 34 heavy (non-hydrogen) atoms. The molecule has 0 radical (unpaired) electrons. The maximum absolute atomic E-state index is 10.2. The maximum atomic E-state index is 10.2. The molecule has 2 nitrogen and oxygen atoms in total. The van der Waals surface area contributed by atoms with Crippen LogP contribution in [0.1, 0.15) is 145 Å². The van der Waals surface area contributed by atoms with Crippen molar-refractivity contribution in [3.05, 3.63) is 34.4 Å². The van der Waals surface area contributed by atoms with Crippen molar-refractivity contribution in [1.82, 2.24) is 0 Å². The van der Waals surface area contributed by atoms with Gasteiger partial charge in [-0.15, -0.1) is 0 Å². The van der Waals surface area contributed by atoms with E-state index in [4.69, 9.17) is 0 Å². The van der Waals surface area contributed by atoms with Crippen LogP contribution < -0.4 is 0 Å². The summed E-state index contributed by atoms with van der Waals surface area (Å²) in [6, 6.07) is 9.47. The molecule has 4 fully saturated rings. The molecule has 4 aliphatic rings. The average molecular weight is 459 g/mol. The van der Waals surface area contributed by atoms with Gasteiger partial charge in [0.25, 0.3) is 0 Å². The van der Waals surface area contributed by atoms with E-state index in [1.807, 2.05) is 0 Å². The molecule has 184 valence electrons. The number of benzene rings is 1. The van der Waals surface area contributed by atoms with Crippen molar-refractivity contribution >= 4 is 0 Å². The Bertz CT molecular complexity index is 882. The molecule has 0 N–H and O–H groups in total. The van der Waals surface area contributed by atoms with Crippen LogP contribution in [-0.4, -0.2) is 0 Å². The summed E-state index contributed by atoms with van der Waals surface area (Å²) in [6.45, 7) is 4.61. The predicted molar refractivity (Wildman–Crippen MR) is 141 cm³/mol. The minimum Gasteiger partial charge on any atom is -0.192 e. The van der Waals surface area contributed by atoms with Gasteiger partial charge in [-0.1, -0.05) is 83.8 Å². The van der Waals surface area contributed by atoms with Crippen LogP contribution in [0.2, 0.25) is 0 Å². The molecule has 0 spiro atoms. The highest BCUT2D eigenvalue weighted by molar-refractivity contribution is 5.57. The highest BCUT2D eigenvalue weighted by Crippen LogP contribution is 2.60. The summed E-state index contributed by atoms with van der Waals surface area (Å²) in [5.74, 6) is 1.74. The Morgan fingerprint density at radius 2 is 1.38 bits per heavy atom. The molecule has 0 saturated heterocycles. The molecular formula is C32H46N2. The van der Waals surface area contributed by atoms with Crippen molar-refractivity contribution in [1.29, 1.82) is 10.5 Å². The lowest BCUT2D eigenvalue weighted by molar-refractivity contribution is 0.0319. The van der Waals surface area contributed by atoms with E-state index in [0.717, 1.165) is 23.8 Å². The average Bonchev–Trinajstić information content (AvgIpc) is 2.89. The van der Waals surface area contributed by atoms with Gasteiger partial charge < -0.3 is 0 Å². The fourth-order valence-electron chi connectivity index (χ4n) is 7.96. The lowest BCUT2D eigenvalue weighted by Crippen LogP contribution is -2.44. The van der Waals surface area contributed by atoms with E-state index in [0.29, 0.717) is 16.5 Å². The summed E-state index contributed by atoms with van der Waals surface area (Å²) in [5.41, 5.74) is 4.43. The van der Waals surface area contributed by atoms with Crippen LogP contribution in [0.15, 0.2) is 12.1 Å². The molecule has 1 aromatic carbocycles. The Balaban J connectivity index is 1.41. The highest BCUT2D eigenvalue weighted by Gasteiger charge is 2.49. The Labute approximate surface area is 209 Å². The smallest absolute Gasteiger partial charge is 0.101 e. The normalized spacial score (nSPS) is 30.6. The monoisotopic (exact) mass is 458 g/mol. The number of hydrogen-bond donors (Lipinski definition) is 0. The summed E-state index contributed by atoms with van der Waals surface area (Å²) in [6.07, 6.45) is 23.3. The molecule has 0 unspecified atom stereocenters. The van der Waals surface area contributed by atoms with Crippen LogP contribution in [0, 0.1) is 39.9 Å². The number of unbranched alkanes of at least 4 members (excludes halogenated alkanes) is 2. The lowest BCUT2D eigenvalue weighted by Gasteiger charge is -2.54. The number of rotatable bonds is 10. The van der Waals surface area contributed by atoms with Crippen molar-refractivity contribution in [2.75, 3.05) is 0 Å². The molecular weight excluding hydrogens is 412 g/mol. The molecule has 0 heterocycles. The largest absolute Gasteiger partial charge is 0.192 e. The van der Waals surface area contributed by atoms with Gasteiger partial charge in [0, 0.05) is 0 Å². The van der Waals surface area contributed by atoms with Crippen molar-refractivity contribution in [3.8, 4) is 12.1 Å².